The molecule has 0 radical (unpaired) electrons. The van der Waals surface area contributed by atoms with Gasteiger partial charge in [-0.3, -0.25) is 0 Å². The fourth-order valence-corrected chi connectivity index (χ4v) is 3.62. The topological polar surface area (TPSA) is 21.3 Å². The minimum absolute atomic E-state index is 0.783. The Kier molecular flexibility index (Phi) is 8.09. The molecule has 0 aliphatic heterocycles. The molecule has 0 saturated carbocycles. The highest BCUT2D eigenvalue weighted by Crippen LogP contribution is 2.31. The standard InChI is InChI=1S/C27H31NO/c1-3-23(21-22-11-6-4-7-12-22)27(24-13-8-5-9-14-24)25-15-17-26(18-16-25)28-19-10-20-29-2/h4-9,11-18,28H,3,10,19-21H2,1-2H3. The molecule has 2 heteroatoms. The summed E-state index contributed by atoms with van der Waals surface area (Å²) in [6, 6.07) is 30.3. The third-order valence-electron chi connectivity index (χ3n) is 5.13. The van der Waals surface area contributed by atoms with Crippen LogP contribution in [-0.4, -0.2) is 20.3 Å². The first-order valence-corrected chi connectivity index (χ1v) is 10.5. The van der Waals surface area contributed by atoms with Crippen LogP contribution in [0.15, 0.2) is 90.5 Å². The highest BCUT2D eigenvalue weighted by molar-refractivity contribution is 5.83. The number of benzene rings is 3. The van der Waals surface area contributed by atoms with E-state index in [2.05, 4.69) is 97.2 Å². The van der Waals surface area contributed by atoms with Gasteiger partial charge in [0.2, 0.25) is 0 Å². The van der Waals surface area contributed by atoms with Crippen molar-refractivity contribution in [2.75, 3.05) is 25.6 Å². The molecule has 0 aliphatic rings. The van der Waals surface area contributed by atoms with Gasteiger partial charge >= 0.3 is 0 Å². The van der Waals surface area contributed by atoms with Crippen LogP contribution >= 0.6 is 0 Å². The van der Waals surface area contributed by atoms with Gasteiger partial charge < -0.3 is 10.1 Å². The van der Waals surface area contributed by atoms with E-state index in [4.69, 9.17) is 4.74 Å². The summed E-state index contributed by atoms with van der Waals surface area (Å²) in [5.74, 6) is 0. The van der Waals surface area contributed by atoms with E-state index in [1.165, 1.54) is 27.8 Å². The van der Waals surface area contributed by atoms with Gasteiger partial charge in [-0.2, -0.15) is 0 Å². The highest BCUT2D eigenvalue weighted by Gasteiger charge is 2.12. The van der Waals surface area contributed by atoms with Crippen LogP contribution in [0.4, 0.5) is 5.69 Å². The van der Waals surface area contributed by atoms with Crippen molar-refractivity contribution in [3.05, 3.63) is 107 Å². The lowest BCUT2D eigenvalue weighted by atomic mass is 9.88. The van der Waals surface area contributed by atoms with E-state index in [0.29, 0.717) is 0 Å². The average molecular weight is 386 g/mol. The van der Waals surface area contributed by atoms with Gasteiger partial charge in [0.1, 0.15) is 0 Å². The van der Waals surface area contributed by atoms with Crippen molar-refractivity contribution >= 4 is 11.3 Å². The largest absolute Gasteiger partial charge is 0.385 e. The molecular weight excluding hydrogens is 354 g/mol. The van der Waals surface area contributed by atoms with Crippen molar-refractivity contribution in [1.29, 1.82) is 0 Å². The van der Waals surface area contributed by atoms with E-state index in [-0.39, 0.29) is 0 Å². The second kappa shape index (κ2) is 11.2. The first kappa shape index (κ1) is 20.9. The summed E-state index contributed by atoms with van der Waals surface area (Å²) in [7, 11) is 1.74. The Morgan fingerprint density at radius 3 is 2.03 bits per heavy atom. The van der Waals surface area contributed by atoms with Crippen LogP contribution < -0.4 is 5.32 Å². The molecule has 3 aromatic carbocycles. The zero-order valence-corrected chi connectivity index (χ0v) is 17.5. The van der Waals surface area contributed by atoms with Crippen LogP contribution in [0.25, 0.3) is 5.57 Å². The molecule has 0 heterocycles. The summed E-state index contributed by atoms with van der Waals surface area (Å²) < 4.78 is 5.12. The second-order valence-electron chi connectivity index (χ2n) is 7.21. The van der Waals surface area contributed by atoms with Gasteiger partial charge in [-0.1, -0.05) is 85.3 Å². The quantitative estimate of drug-likeness (QED) is 0.398. The fourth-order valence-electron chi connectivity index (χ4n) is 3.62. The Labute approximate surface area is 175 Å². The first-order chi connectivity index (χ1) is 14.3. The molecule has 0 atom stereocenters. The van der Waals surface area contributed by atoms with Gasteiger partial charge in [-0.05, 0) is 53.7 Å². The third kappa shape index (κ3) is 6.07. The van der Waals surface area contributed by atoms with Gasteiger partial charge in [0.25, 0.3) is 0 Å². The lowest BCUT2D eigenvalue weighted by molar-refractivity contribution is 0.198. The van der Waals surface area contributed by atoms with E-state index in [1.807, 2.05) is 0 Å². The summed E-state index contributed by atoms with van der Waals surface area (Å²) in [5.41, 5.74) is 7.87. The average Bonchev–Trinajstić information content (AvgIpc) is 2.78. The van der Waals surface area contributed by atoms with Gasteiger partial charge in [0.05, 0.1) is 0 Å². The number of anilines is 1. The Morgan fingerprint density at radius 1 is 0.793 bits per heavy atom. The van der Waals surface area contributed by atoms with E-state index in [1.54, 1.807) is 7.11 Å². The minimum atomic E-state index is 0.783. The maximum atomic E-state index is 5.12. The predicted octanol–water partition coefficient (Wildman–Crippen LogP) is 6.59. The van der Waals surface area contributed by atoms with Crippen molar-refractivity contribution < 1.29 is 4.74 Å². The fraction of sp³-hybridized carbons (Fsp3) is 0.259. The SMILES string of the molecule is CCC(Cc1ccccc1)=C(c1ccccc1)c1ccc(NCCCOC)cc1. The number of methoxy groups -OCH3 is 1. The van der Waals surface area contributed by atoms with Crippen molar-refractivity contribution in [2.45, 2.75) is 26.2 Å². The summed E-state index contributed by atoms with van der Waals surface area (Å²) in [6.07, 6.45) is 3.00. The summed E-state index contributed by atoms with van der Waals surface area (Å²) in [5, 5.41) is 3.47. The molecule has 0 spiro atoms. The van der Waals surface area contributed by atoms with Crippen LogP contribution in [-0.2, 0) is 11.2 Å². The number of rotatable bonds is 10. The molecule has 0 unspecified atom stereocenters. The smallest absolute Gasteiger partial charge is 0.0479 e. The maximum absolute atomic E-state index is 5.12. The Bertz CT molecular complexity index is 883. The number of nitrogens with one attached hydrogen (secondary N) is 1. The summed E-state index contributed by atoms with van der Waals surface area (Å²) in [6.45, 7) is 3.96. The molecular formula is C27H31NO. The molecule has 1 N–H and O–H groups in total. The summed E-state index contributed by atoms with van der Waals surface area (Å²) >= 11 is 0. The van der Waals surface area contributed by atoms with Gasteiger partial charge in [0, 0.05) is 25.9 Å². The highest BCUT2D eigenvalue weighted by atomic mass is 16.5. The molecule has 0 aromatic heterocycles. The zero-order valence-electron chi connectivity index (χ0n) is 17.5. The van der Waals surface area contributed by atoms with Crippen LogP contribution in [0.2, 0.25) is 0 Å². The molecule has 2 nitrogen and oxygen atoms in total. The van der Waals surface area contributed by atoms with Crippen molar-refractivity contribution in [2.24, 2.45) is 0 Å². The number of hydrogen-bond acceptors (Lipinski definition) is 2. The van der Waals surface area contributed by atoms with Crippen LogP contribution in [0.5, 0.6) is 0 Å². The van der Waals surface area contributed by atoms with Crippen molar-refractivity contribution in [3.63, 3.8) is 0 Å². The number of ether oxygens (including phenoxy) is 1. The molecule has 0 aliphatic carbocycles. The van der Waals surface area contributed by atoms with E-state index in [0.717, 1.165) is 38.1 Å². The van der Waals surface area contributed by atoms with Gasteiger partial charge in [-0.15, -0.1) is 0 Å². The Morgan fingerprint density at radius 2 is 1.41 bits per heavy atom. The second-order valence-corrected chi connectivity index (χ2v) is 7.21. The Hall–Kier alpha value is -2.84. The van der Waals surface area contributed by atoms with Crippen LogP contribution in [0.3, 0.4) is 0 Å². The monoisotopic (exact) mass is 385 g/mol. The molecule has 150 valence electrons. The maximum Gasteiger partial charge on any atom is 0.0479 e. The van der Waals surface area contributed by atoms with E-state index in [9.17, 15) is 0 Å². The minimum Gasteiger partial charge on any atom is -0.385 e. The zero-order chi connectivity index (χ0) is 20.3. The van der Waals surface area contributed by atoms with Gasteiger partial charge in [-0.25, -0.2) is 0 Å². The first-order valence-electron chi connectivity index (χ1n) is 10.5. The lowest BCUT2D eigenvalue weighted by Crippen LogP contribution is -2.04. The molecule has 3 rings (SSSR count). The Balaban J connectivity index is 1.91. The molecule has 0 bridgehead atoms. The van der Waals surface area contributed by atoms with Gasteiger partial charge in [0.15, 0.2) is 0 Å². The normalized spacial score (nSPS) is 11.8. The van der Waals surface area contributed by atoms with E-state index < -0.39 is 0 Å². The van der Waals surface area contributed by atoms with Crippen LogP contribution in [0.1, 0.15) is 36.5 Å². The van der Waals surface area contributed by atoms with Crippen LogP contribution in [0, 0.1) is 0 Å². The number of hydrogen-bond donors (Lipinski definition) is 1. The molecule has 3 aromatic rings. The summed E-state index contributed by atoms with van der Waals surface area (Å²) in [4.78, 5) is 0. The van der Waals surface area contributed by atoms with E-state index >= 15 is 0 Å². The van der Waals surface area contributed by atoms with Crippen molar-refractivity contribution in [1.82, 2.24) is 0 Å². The molecule has 0 saturated heterocycles. The molecule has 29 heavy (non-hydrogen) atoms. The predicted molar refractivity (Wildman–Crippen MR) is 124 cm³/mol. The number of allylic oxidation sites excluding steroid dienone is 1. The molecule has 0 amide bonds. The van der Waals surface area contributed by atoms with Crippen molar-refractivity contribution in [3.8, 4) is 0 Å². The molecule has 0 fully saturated rings. The third-order valence-corrected chi connectivity index (χ3v) is 5.13. The lowest BCUT2D eigenvalue weighted by Gasteiger charge is -2.17.